The summed E-state index contributed by atoms with van der Waals surface area (Å²) in [5, 5.41) is 19.0. The van der Waals surface area contributed by atoms with Crippen LogP contribution in [0.25, 0.3) is 0 Å². The first-order valence-electron chi connectivity index (χ1n) is 7.87. The van der Waals surface area contributed by atoms with Gasteiger partial charge in [-0.1, -0.05) is 18.2 Å². The van der Waals surface area contributed by atoms with Crippen LogP contribution in [0.3, 0.4) is 0 Å². The van der Waals surface area contributed by atoms with Gasteiger partial charge in [0.15, 0.2) is 11.5 Å². The van der Waals surface area contributed by atoms with Crippen LogP contribution in [0.4, 0.5) is 0 Å². The van der Waals surface area contributed by atoms with Crippen LogP contribution in [-0.2, 0) is 22.4 Å². The van der Waals surface area contributed by atoms with Gasteiger partial charge in [0.1, 0.15) is 5.75 Å². The Bertz CT molecular complexity index is 740. The number of benzene rings is 2. The maximum absolute atomic E-state index is 12.1. The first-order valence-corrected chi connectivity index (χ1v) is 7.87. The molecule has 0 saturated carbocycles. The molecular formula is C19H20O5. The molecule has 5 nitrogen and oxygen atoms in total. The summed E-state index contributed by atoms with van der Waals surface area (Å²) in [5.74, 6) is 0.0396. The summed E-state index contributed by atoms with van der Waals surface area (Å²) in [6.45, 7) is 0.394. The average molecular weight is 328 g/mol. The van der Waals surface area contributed by atoms with E-state index in [0.29, 0.717) is 13.0 Å². The number of rotatable bonds is 5. The molecule has 0 spiro atoms. The molecule has 0 amide bonds. The number of hydrogen-bond acceptors (Lipinski definition) is 5. The van der Waals surface area contributed by atoms with E-state index < -0.39 is 0 Å². The van der Waals surface area contributed by atoms with Crippen molar-refractivity contribution < 1.29 is 24.5 Å². The zero-order valence-corrected chi connectivity index (χ0v) is 13.4. The number of phenolic OH excluding ortho intramolecular Hbond substituents is 2. The number of cyclic esters (lactones) is 1. The van der Waals surface area contributed by atoms with Crippen LogP contribution in [0, 0.1) is 11.8 Å². The topological polar surface area (TPSA) is 76.0 Å². The predicted molar refractivity (Wildman–Crippen MR) is 88.1 cm³/mol. The summed E-state index contributed by atoms with van der Waals surface area (Å²) in [7, 11) is 1.63. The van der Waals surface area contributed by atoms with Gasteiger partial charge in [-0.3, -0.25) is 4.79 Å². The average Bonchev–Trinajstić information content (AvgIpc) is 2.91. The van der Waals surface area contributed by atoms with Crippen molar-refractivity contribution in [2.24, 2.45) is 11.8 Å². The van der Waals surface area contributed by atoms with Crippen molar-refractivity contribution in [1.29, 1.82) is 0 Å². The highest BCUT2D eigenvalue weighted by atomic mass is 16.5. The van der Waals surface area contributed by atoms with Crippen molar-refractivity contribution >= 4 is 5.97 Å². The largest absolute Gasteiger partial charge is 0.504 e. The molecule has 2 atom stereocenters. The maximum Gasteiger partial charge on any atom is 0.309 e. The Hall–Kier alpha value is -2.69. The lowest BCUT2D eigenvalue weighted by Crippen LogP contribution is -2.20. The van der Waals surface area contributed by atoms with E-state index in [-0.39, 0.29) is 29.3 Å². The summed E-state index contributed by atoms with van der Waals surface area (Å²) < 4.78 is 10.5. The van der Waals surface area contributed by atoms with Crippen LogP contribution >= 0.6 is 0 Å². The maximum atomic E-state index is 12.1. The van der Waals surface area contributed by atoms with E-state index in [2.05, 4.69) is 0 Å². The van der Waals surface area contributed by atoms with Crippen LogP contribution in [-0.4, -0.2) is 29.9 Å². The van der Waals surface area contributed by atoms with E-state index in [4.69, 9.17) is 9.47 Å². The van der Waals surface area contributed by atoms with Gasteiger partial charge in [0.05, 0.1) is 19.6 Å². The molecule has 0 aliphatic carbocycles. The van der Waals surface area contributed by atoms with Crippen LogP contribution in [0.2, 0.25) is 0 Å². The number of esters is 1. The molecule has 24 heavy (non-hydrogen) atoms. The summed E-state index contributed by atoms with van der Waals surface area (Å²) in [6, 6.07) is 12.4. The van der Waals surface area contributed by atoms with Crippen molar-refractivity contribution in [1.82, 2.24) is 0 Å². The summed E-state index contributed by atoms with van der Waals surface area (Å²) in [6.07, 6.45) is 1.19. The second-order valence-electron chi connectivity index (χ2n) is 6.08. The molecule has 1 aliphatic rings. The molecule has 1 saturated heterocycles. The molecule has 5 heteroatoms. The normalized spacial score (nSPS) is 20.0. The molecule has 1 aliphatic heterocycles. The van der Waals surface area contributed by atoms with Crippen molar-refractivity contribution in [3.63, 3.8) is 0 Å². The van der Waals surface area contributed by atoms with E-state index in [1.165, 1.54) is 12.1 Å². The minimum absolute atomic E-state index is 0.0700. The van der Waals surface area contributed by atoms with Crippen LogP contribution in [0.1, 0.15) is 11.1 Å². The second-order valence-corrected chi connectivity index (χ2v) is 6.08. The van der Waals surface area contributed by atoms with Crippen LogP contribution in [0.5, 0.6) is 17.2 Å². The number of phenols is 2. The van der Waals surface area contributed by atoms with Crippen molar-refractivity contribution in [3.05, 3.63) is 53.6 Å². The SMILES string of the molecule is COc1cccc(CC2COC(=O)C2Cc2ccc(O)c(O)c2)c1. The number of methoxy groups -OCH3 is 1. The van der Waals surface area contributed by atoms with Crippen LogP contribution in [0.15, 0.2) is 42.5 Å². The lowest BCUT2D eigenvalue weighted by Gasteiger charge is -2.16. The highest BCUT2D eigenvalue weighted by Gasteiger charge is 2.36. The third-order valence-corrected chi connectivity index (χ3v) is 4.44. The quantitative estimate of drug-likeness (QED) is 0.652. The molecule has 2 aromatic rings. The Morgan fingerprint density at radius 3 is 2.62 bits per heavy atom. The molecule has 0 aromatic heterocycles. The Labute approximate surface area is 140 Å². The Balaban J connectivity index is 1.75. The van der Waals surface area contributed by atoms with E-state index in [1.807, 2.05) is 24.3 Å². The van der Waals surface area contributed by atoms with Crippen molar-refractivity contribution in [3.8, 4) is 17.2 Å². The third-order valence-electron chi connectivity index (χ3n) is 4.44. The van der Waals surface area contributed by atoms with Gasteiger partial charge in [0.25, 0.3) is 0 Å². The zero-order chi connectivity index (χ0) is 17.1. The van der Waals surface area contributed by atoms with Gasteiger partial charge in [0.2, 0.25) is 0 Å². The molecular weight excluding hydrogens is 308 g/mol. The van der Waals surface area contributed by atoms with Gasteiger partial charge in [-0.15, -0.1) is 0 Å². The fourth-order valence-corrected chi connectivity index (χ4v) is 3.11. The van der Waals surface area contributed by atoms with Crippen molar-refractivity contribution in [2.45, 2.75) is 12.8 Å². The molecule has 126 valence electrons. The second kappa shape index (κ2) is 6.83. The lowest BCUT2D eigenvalue weighted by atomic mass is 9.85. The van der Waals surface area contributed by atoms with E-state index >= 15 is 0 Å². The third kappa shape index (κ3) is 3.45. The smallest absolute Gasteiger partial charge is 0.309 e. The van der Waals surface area contributed by atoms with E-state index in [1.54, 1.807) is 13.2 Å². The molecule has 0 bridgehead atoms. The highest BCUT2D eigenvalue weighted by Crippen LogP contribution is 2.32. The highest BCUT2D eigenvalue weighted by molar-refractivity contribution is 5.75. The van der Waals surface area contributed by atoms with E-state index in [0.717, 1.165) is 23.3 Å². The fourth-order valence-electron chi connectivity index (χ4n) is 3.11. The van der Waals surface area contributed by atoms with Gasteiger partial charge in [-0.25, -0.2) is 0 Å². The van der Waals surface area contributed by atoms with E-state index in [9.17, 15) is 15.0 Å². The summed E-state index contributed by atoms with van der Waals surface area (Å²) in [5.41, 5.74) is 1.89. The monoisotopic (exact) mass is 328 g/mol. The molecule has 0 radical (unpaired) electrons. The standard InChI is InChI=1S/C19H20O5/c1-23-15-4-2-3-12(8-15)7-14-11-24-19(22)16(14)9-13-5-6-17(20)18(21)10-13/h2-6,8,10,14,16,20-21H,7,9,11H2,1H3. The minimum Gasteiger partial charge on any atom is -0.504 e. The Morgan fingerprint density at radius 2 is 1.88 bits per heavy atom. The molecule has 2 unspecified atom stereocenters. The zero-order valence-electron chi connectivity index (χ0n) is 13.4. The predicted octanol–water partition coefficient (Wildman–Crippen LogP) is 2.68. The molecule has 1 heterocycles. The molecule has 2 N–H and O–H groups in total. The number of ether oxygens (including phenoxy) is 2. The van der Waals surface area contributed by atoms with Gasteiger partial charge in [0, 0.05) is 5.92 Å². The number of carbonyl (C=O) groups is 1. The van der Waals surface area contributed by atoms with Gasteiger partial charge >= 0.3 is 5.97 Å². The fraction of sp³-hybridized carbons (Fsp3) is 0.316. The minimum atomic E-state index is -0.264. The van der Waals surface area contributed by atoms with Gasteiger partial charge in [-0.2, -0.15) is 0 Å². The Morgan fingerprint density at radius 1 is 1.08 bits per heavy atom. The molecule has 3 rings (SSSR count). The summed E-state index contributed by atoms with van der Waals surface area (Å²) >= 11 is 0. The Kier molecular flexibility index (Phi) is 4.60. The number of carbonyl (C=O) groups excluding carboxylic acids is 1. The molecule has 1 fully saturated rings. The van der Waals surface area contributed by atoms with Gasteiger partial charge in [-0.05, 0) is 48.2 Å². The van der Waals surface area contributed by atoms with Crippen LogP contribution < -0.4 is 4.74 Å². The number of hydrogen-bond donors (Lipinski definition) is 2. The van der Waals surface area contributed by atoms with Crippen molar-refractivity contribution in [2.75, 3.05) is 13.7 Å². The molecule has 2 aromatic carbocycles. The summed E-state index contributed by atoms with van der Waals surface area (Å²) in [4.78, 5) is 12.1. The lowest BCUT2D eigenvalue weighted by molar-refractivity contribution is -0.141. The first-order chi connectivity index (χ1) is 11.6. The number of aromatic hydroxyl groups is 2. The first kappa shape index (κ1) is 16.2. The van der Waals surface area contributed by atoms with Gasteiger partial charge < -0.3 is 19.7 Å².